The van der Waals surface area contributed by atoms with Crippen molar-refractivity contribution in [1.29, 1.82) is 0 Å². The SMILES string of the molecule is [CH2]CCCCCCCCCCCCCC(CC)CCCC[CH2]. The first-order chi connectivity index (χ1) is 10.8. The van der Waals surface area contributed by atoms with Crippen LogP contribution < -0.4 is 0 Å². The van der Waals surface area contributed by atoms with Crippen LogP contribution in [0.1, 0.15) is 122 Å². The van der Waals surface area contributed by atoms with E-state index in [0.717, 1.165) is 18.8 Å². The molecule has 0 aromatic rings. The topological polar surface area (TPSA) is 0 Å². The van der Waals surface area contributed by atoms with Gasteiger partial charge in [0.2, 0.25) is 0 Å². The number of rotatable bonds is 18. The fraction of sp³-hybridized carbons (Fsp3) is 0.909. The zero-order valence-corrected chi connectivity index (χ0v) is 15.7. The van der Waals surface area contributed by atoms with Crippen LogP contribution >= 0.6 is 0 Å². The predicted molar refractivity (Wildman–Crippen MR) is 103 cm³/mol. The lowest BCUT2D eigenvalue weighted by molar-refractivity contribution is 0.397. The molecule has 0 heterocycles. The highest BCUT2D eigenvalue weighted by atomic mass is 14.1. The highest BCUT2D eigenvalue weighted by molar-refractivity contribution is 4.59. The van der Waals surface area contributed by atoms with E-state index in [-0.39, 0.29) is 0 Å². The zero-order valence-electron chi connectivity index (χ0n) is 15.7. The molecule has 0 nitrogen and oxygen atoms in total. The molecule has 0 aromatic carbocycles. The molecule has 0 bridgehead atoms. The van der Waals surface area contributed by atoms with E-state index >= 15 is 0 Å². The van der Waals surface area contributed by atoms with Crippen molar-refractivity contribution >= 4 is 0 Å². The van der Waals surface area contributed by atoms with Crippen LogP contribution in [0.25, 0.3) is 0 Å². The largest absolute Gasteiger partial charge is 0.0651 e. The molecule has 0 amide bonds. The van der Waals surface area contributed by atoms with Gasteiger partial charge in [-0.1, -0.05) is 136 Å². The van der Waals surface area contributed by atoms with E-state index in [1.807, 2.05) is 0 Å². The minimum Gasteiger partial charge on any atom is -0.0651 e. The Balaban J connectivity index is 3.18. The van der Waals surface area contributed by atoms with Crippen molar-refractivity contribution < 1.29 is 0 Å². The Morgan fingerprint density at radius 2 is 0.818 bits per heavy atom. The van der Waals surface area contributed by atoms with Gasteiger partial charge in [0, 0.05) is 0 Å². The molecule has 0 aliphatic carbocycles. The molecule has 0 rings (SSSR count). The van der Waals surface area contributed by atoms with Crippen LogP contribution in [0, 0.1) is 19.8 Å². The highest BCUT2D eigenvalue weighted by Crippen LogP contribution is 2.21. The molecule has 0 aromatic heterocycles. The third kappa shape index (κ3) is 16.4. The van der Waals surface area contributed by atoms with Gasteiger partial charge < -0.3 is 0 Å². The van der Waals surface area contributed by atoms with Crippen molar-refractivity contribution in [2.24, 2.45) is 5.92 Å². The standard InChI is InChI=1S/C22H44/c1-4-7-9-10-11-12-13-14-15-16-17-19-21-22(6-3)20-18-8-5-2/h22H,1-2,4-21H2,3H3. The van der Waals surface area contributed by atoms with Gasteiger partial charge in [-0.2, -0.15) is 0 Å². The predicted octanol–water partition coefficient (Wildman–Crippen LogP) is 8.31. The van der Waals surface area contributed by atoms with Gasteiger partial charge in [-0.3, -0.25) is 0 Å². The van der Waals surface area contributed by atoms with E-state index in [4.69, 9.17) is 0 Å². The molecule has 0 saturated heterocycles. The van der Waals surface area contributed by atoms with E-state index in [1.165, 1.54) is 103 Å². The summed E-state index contributed by atoms with van der Waals surface area (Å²) in [5.41, 5.74) is 0. The first kappa shape index (κ1) is 22.0. The molecule has 0 aliphatic heterocycles. The maximum Gasteiger partial charge on any atom is -0.0417 e. The second-order valence-electron chi connectivity index (χ2n) is 7.15. The van der Waals surface area contributed by atoms with Crippen molar-refractivity contribution in [1.82, 2.24) is 0 Å². The van der Waals surface area contributed by atoms with Gasteiger partial charge in [0.15, 0.2) is 0 Å². The maximum absolute atomic E-state index is 3.94. The van der Waals surface area contributed by atoms with Crippen molar-refractivity contribution in [2.45, 2.75) is 122 Å². The monoisotopic (exact) mass is 308 g/mol. The van der Waals surface area contributed by atoms with E-state index in [1.54, 1.807) is 0 Å². The highest BCUT2D eigenvalue weighted by Gasteiger charge is 2.05. The van der Waals surface area contributed by atoms with Crippen molar-refractivity contribution in [2.75, 3.05) is 0 Å². The zero-order chi connectivity index (χ0) is 16.3. The summed E-state index contributed by atoms with van der Waals surface area (Å²) in [7, 11) is 0. The van der Waals surface area contributed by atoms with Gasteiger partial charge >= 0.3 is 0 Å². The molecule has 0 aliphatic rings. The first-order valence-electron chi connectivity index (χ1n) is 10.4. The van der Waals surface area contributed by atoms with Gasteiger partial charge in [0.1, 0.15) is 0 Å². The smallest absolute Gasteiger partial charge is 0.0417 e. The summed E-state index contributed by atoms with van der Waals surface area (Å²) in [5.74, 6) is 0.991. The Labute approximate surface area is 142 Å². The molecule has 22 heavy (non-hydrogen) atoms. The second-order valence-corrected chi connectivity index (χ2v) is 7.15. The quantitative estimate of drug-likeness (QED) is 0.223. The summed E-state index contributed by atoms with van der Waals surface area (Å²) in [6.45, 7) is 10.2. The lowest BCUT2D eigenvalue weighted by Crippen LogP contribution is -1.99. The van der Waals surface area contributed by atoms with Gasteiger partial charge in [0.05, 0.1) is 0 Å². The number of hydrogen-bond acceptors (Lipinski definition) is 0. The summed E-state index contributed by atoms with van der Waals surface area (Å²) in [6.07, 6.45) is 25.1. The molecule has 2 radical (unpaired) electrons. The van der Waals surface area contributed by atoms with Crippen molar-refractivity contribution in [3.05, 3.63) is 13.8 Å². The molecule has 1 unspecified atom stereocenters. The fourth-order valence-electron chi connectivity index (χ4n) is 3.36. The third-order valence-corrected chi connectivity index (χ3v) is 5.05. The molecule has 0 saturated carbocycles. The molecular formula is C22H44. The van der Waals surface area contributed by atoms with E-state index in [9.17, 15) is 0 Å². The number of unbranched alkanes of at least 4 members (excludes halogenated alkanes) is 13. The van der Waals surface area contributed by atoms with Gasteiger partial charge in [-0.25, -0.2) is 0 Å². The molecule has 0 spiro atoms. The summed E-state index contributed by atoms with van der Waals surface area (Å²) >= 11 is 0. The van der Waals surface area contributed by atoms with Crippen molar-refractivity contribution in [3.63, 3.8) is 0 Å². The first-order valence-corrected chi connectivity index (χ1v) is 10.4. The average Bonchev–Trinajstić information content (AvgIpc) is 2.54. The maximum atomic E-state index is 3.94. The lowest BCUT2D eigenvalue weighted by atomic mass is 9.92. The lowest BCUT2D eigenvalue weighted by Gasteiger charge is -2.14. The van der Waals surface area contributed by atoms with Crippen LogP contribution in [0.4, 0.5) is 0 Å². The Bertz CT molecular complexity index is 184. The molecule has 1 atom stereocenters. The fourth-order valence-corrected chi connectivity index (χ4v) is 3.36. The Morgan fingerprint density at radius 3 is 1.23 bits per heavy atom. The van der Waals surface area contributed by atoms with Gasteiger partial charge in [-0.05, 0) is 5.92 Å². The van der Waals surface area contributed by atoms with E-state index in [0.29, 0.717) is 0 Å². The van der Waals surface area contributed by atoms with Gasteiger partial charge in [-0.15, -0.1) is 0 Å². The third-order valence-electron chi connectivity index (χ3n) is 5.05. The minimum atomic E-state index is 0.991. The molecular weight excluding hydrogens is 264 g/mol. The van der Waals surface area contributed by atoms with Crippen LogP contribution in [0.15, 0.2) is 0 Å². The van der Waals surface area contributed by atoms with Crippen molar-refractivity contribution in [3.8, 4) is 0 Å². The summed E-state index contributed by atoms with van der Waals surface area (Å²) in [4.78, 5) is 0. The Hall–Kier alpha value is 0. The van der Waals surface area contributed by atoms with Crippen LogP contribution in [0.3, 0.4) is 0 Å². The second kappa shape index (κ2) is 19.0. The minimum absolute atomic E-state index is 0.991. The Kier molecular flexibility index (Phi) is 19.0. The summed E-state index contributed by atoms with van der Waals surface area (Å²) < 4.78 is 0. The van der Waals surface area contributed by atoms with Crippen LogP contribution in [0.5, 0.6) is 0 Å². The molecule has 0 fully saturated rings. The van der Waals surface area contributed by atoms with Crippen LogP contribution in [-0.2, 0) is 0 Å². The van der Waals surface area contributed by atoms with Crippen LogP contribution in [0.2, 0.25) is 0 Å². The van der Waals surface area contributed by atoms with Gasteiger partial charge in [0.25, 0.3) is 0 Å². The molecule has 0 heteroatoms. The van der Waals surface area contributed by atoms with E-state index < -0.39 is 0 Å². The summed E-state index contributed by atoms with van der Waals surface area (Å²) in [5, 5.41) is 0. The molecule has 132 valence electrons. The van der Waals surface area contributed by atoms with Crippen LogP contribution in [-0.4, -0.2) is 0 Å². The molecule has 0 N–H and O–H groups in total. The number of hydrogen-bond donors (Lipinski definition) is 0. The Morgan fingerprint density at radius 1 is 0.500 bits per heavy atom. The summed E-state index contributed by atoms with van der Waals surface area (Å²) in [6, 6.07) is 0. The normalized spacial score (nSPS) is 12.7. The van der Waals surface area contributed by atoms with E-state index in [2.05, 4.69) is 20.8 Å². The average molecular weight is 309 g/mol.